The van der Waals surface area contributed by atoms with E-state index in [1.54, 1.807) is 0 Å². The van der Waals surface area contributed by atoms with Gasteiger partial charge in [-0.25, -0.2) is 9.59 Å². The van der Waals surface area contributed by atoms with Crippen LogP contribution < -0.4 is 0 Å². The van der Waals surface area contributed by atoms with Crippen LogP contribution in [-0.4, -0.2) is 40.8 Å². The maximum absolute atomic E-state index is 12.7. The highest BCUT2D eigenvalue weighted by atomic mass is 16.6. The Balaban J connectivity index is 1.56. The molecule has 1 N–H and O–H groups in total. The van der Waals surface area contributed by atoms with Crippen molar-refractivity contribution < 1.29 is 19.4 Å². The van der Waals surface area contributed by atoms with E-state index < -0.39 is 17.6 Å². The van der Waals surface area contributed by atoms with Crippen LogP contribution in [0.25, 0.3) is 11.1 Å². The predicted molar refractivity (Wildman–Crippen MR) is 102 cm³/mol. The van der Waals surface area contributed by atoms with Crippen molar-refractivity contribution in [2.45, 2.75) is 37.6 Å². The SMILES string of the molecule is CCC1(C(=O)O)CCCN1C(=O)OCC1c2ccccc2-c2ccccc21. The number of carboxylic acid groups (broad SMARTS) is 1. The van der Waals surface area contributed by atoms with Gasteiger partial charge >= 0.3 is 12.1 Å². The summed E-state index contributed by atoms with van der Waals surface area (Å²) < 4.78 is 5.65. The van der Waals surface area contributed by atoms with E-state index in [2.05, 4.69) is 24.3 Å². The first kappa shape index (κ1) is 17.6. The second kappa shape index (κ2) is 6.72. The Kier molecular flexibility index (Phi) is 4.38. The molecule has 0 bridgehead atoms. The number of hydrogen-bond acceptors (Lipinski definition) is 3. The highest BCUT2D eigenvalue weighted by molar-refractivity contribution is 5.85. The number of benzene rings is 2. The zero-order chi connectivity index (χ0) is 19.0. The molecule has 27 heavy (non-hydrogen) atoms. The second-order valence-corrected chi connectivity index (χ2v) is 7.25. The maximum atomic E-state index is 12.7. The molecule has 0 spiro atoms. The van der Waals surface area contributed by atoms with E-state index in [0.29, 0.717) is 25.8 Å². The van der Waals surface area contributed by atoms with E-state index >= 15 is 0 Å². The molecule has 5 heteroatoms. The monoisotopic (exact) mass is 365 g/mol. The van der Waals surface area contributed by atoms with E-state index in [0.717, 1.165) is 11.1 Å². The van der Waals surface area contributed by atoms with E-state index in [-0.39, 0.29) is 12.5 Å². The normalized spacial score (nSPS) is 21.0. The van der Waals surface area contributed by atoms with Gasteiger partial charge in [0.05, 0.1) is 0 Å². The van der Waals surface area contributed by atoms with Crippen LogP contribution in [0.15, 0.2) is 48.5 Å². The number of likely N-dealkylation sites (tertiary alicyclic amines) is 1. The number of aliphatic carboxylic acids is 1. The Hall–Kier alpha value is -2.82. The number of fused-ring (bicyclic) bond motifs is 3. The number of rotatable bonds is 4. The summed E-state index contributed by atoms with van der Waals surface area (Å²) in [6.45, 7) is 2.45. The largest absolute Gasteiger partial charge is 0.479 e. The Morgan fingerprint density at radius 1 is 1.11 bits per heavy atom. The second-order valence-electron chi connectivity index (χ2n) is 7.25. The molecule has 2 aliphatic rings. The molecule has 140 valence electrons. The average molecular weight is 365 g/mol. The lowest BCUT2D eigenvalue weighted by Crippen LogP contribution is -2.53. The van der Waals surface area contributed by atoms with Crippen LogP contribution in [0.4, 0.5) is 4.79 Å². The third kappa shape index (κ3) is 2.69. The molecule has 4 rings (SSSR count). The first-order chi connectivity index (χ1) is 13.1. The molecule has 1 aliphatic carbocycles. The zero-order valence-corrected chi connectivity index (χ0v) is 15.4. The molecule has 2 aromatic carbocycles. The molecular weight excluding hydrogens is 342 g/mol. The molecule has 1 saturated heterocycles. The summed E-state index contributed by atoms with van der Waals surface area (Å²) in [6.07, 6.45) is 1.01. The van der Waals surface area contributed by atoms with Crippen LogP contribution in [-0.2, 0) is 9.53 Å². The van der Waals surface area contributed by atoms with E-state index in [1.807, 2.05) is 31.2 Å². The standard InChI is InChI=1S/C22H23NO4/c1-2-22(20(24)25)12-7-13-23(22)21(26)27-14-19-17-10-5-3-8-15(17)16-9-4-6-11-18(16)19/h3-6,8-11,19H,2,7,12-14H2,1H3,(H,24,25). The topological polar surface area (TPSA) is 66.8 Å². The van der Waals surface area contributed by atoms with Crippen molar-refractivity contribution in [1.29, 1.82) is 0 Å². The summed E-state index contributed by atoms with van der Waals surface area (Å²) in [4.78, 5) is 26.0. The minimum absolute atomic E-state index is 0.0233. The van der Waals surface area contributed by atoms with Crippen LogP contribution in [0.5, 0.6) is 0 Å². The average Bonchev–Trinajstić information content (AvgIpc) is 3.27. The van der Waals surface area contributed by atoms with Crippen LogP contribution in [0.3, 0.4) is 0 Å². The number of amides is 1. The molecular formula is C22H23NO4. The van der Waals surface area contributed by atoms with Crippen molar-refractivity contribution in [2.75, 3.05) is 13.2 Å². The summed E-state index contributed by atoms with van der Waals surface area (Å²) in [5.74, 6) is -0.971. The Labute approximate surface area is 158 Å². The summed E-state index contributed by atoms with van der Waals surface area (Å²) in [7, 11) is 0. The first-order valence-corrected chi connectivity index (χ1v) is 9.44. The van der Waals surface area contributed by atoms with Gasteiger partial charge in [-0.1, -0.05) is 55.5 Å². The summed E-state index contributed by atoms with van der Waals surface area (Å²) >= 11 is 0. The van der Waals surface area contributed by atoms with Crippen molar-refractivity contribution in [3.8, 4) is 11.1 Å². The number of carbonyl (C=O) groups is 2. The third-order valence-corrected chi connectivity index (χ3v) is 6.03. The molecule has 2 aromatic rings. The van der Waals surface area contributed by atoms with Crippen molar-refractivity contribution in [2.24, 2.45) is 0 Å². The predicted octanol–water partition coefficient (Wildman–Crippen LogP) is 4.26. The Bertz CT molecular complexity index is 848. The molecule has 0 saturated carbocycles. The maximum Gasteiger partial charge on any atom is 0.410 e. The quantitative estimate of drug-likeness (QED) is 0.879. The van der Waals surface area contributed by atoms with Gasteiger partial charge in [-0.2, -0.15) is 0 Å². The third-order valence-electron chi connectivity index (χ3n) is 6.03. The number of carbonyl (C=O) groups excluding carboxylic acids is 1. The number of hydrogen-bond donors (Lipinski definition) is 1. The molecule has 1 heterocycles. The van der Waals surface area contributed by atoms with E-state index in [9.17, 15) is 14.7 Å². The lowest BCUT2D eigenvalue weighted by Gasteiger charge is -2.33. The van der Waals surface area contributed by atoms with Gasteiger partial charge in [0.25, 0.3) is 0 Å². The fourth-order valence-electron chi connectivity index (χ4n) is 4.56. The number of carboxylic acids is 1. The summed E-state index contributed by atoms with van der Waals surface area (Å²) in [5.41, 5.74) is 3.50. The Morgan fingerprint density at radius 2 is 1.70 bits per heavy atom. The molecule has 0 radical (unpaired) electrons. The fourth-order valence-corrected chi connectivity index (χ4v) is 4.56. The fraction of sp³-hybridized carbons (Fsp3) is 0.364. The van der Waals surface area contributed by atoms with E-state index in [1.165, 1.54) is 16.0 Å². The van der Waals surface area contributed by atoms with Gasteiger partial charge in [-0.3, -0.25) is 4.90 Å². The minimum atomic E-state index is -1.14. The molecule has 1 unspecified atom stereocenters. The first-order valence-electron chi connectivity index (χ1n) is 9.44. The van der Waals surface area contributed by atoms with Crippen LogP contribution >= 0.6 is 0 Å². The van der Waals surface area contributed by atoms with Crippen molar-refractivity contribution >= 4 is 12.1 Å². The molecule has 1 amide bonds. The van der Waals surface area contributed by atoms with Gasteiger partial charge in [0.15, 0.2) is 0 Å². The van der Waals surface area contributed by atoms with Gasteiger partial charge in [-0.15, -0.1) is 0 Å². The van der Waals surface area contributed by atoms with Crippen molar-refractivity contribution in [1.82, 2.24) is 4.90 Å². The lowest BCUT2D eigenvalue weighted by atomic mass is 9.93. The lowest BCUT2D eigenvalue weighted by molar-refractivity contribution is -0.149. The van der Waals surface area contributed by atoms with Crippen LogP contribution in [0, 0.1) is 0 Å². The zero-order valence-electron chi connectivity index (χ0n) is 15.4. The smallest absolute Gasteiger partial charge is 0.410 e. The Morgan fingerprint density at radius 3 is 2.26 bits per heavy atom. The molecule has 1 fully saturated rings. The molecule has 0 aromatic heterocycles. The van der Waals surface area contributed by atoms with Gasteiger partial charge in [0.1, 0.15) is 12.1 Å². The summed E-state index contributed by atoms with van der Waals surface area (Å²) in [6, 6.07) is 16.3. The minimum Gasteiger partial charge on any atom is -0.479 e. The number of nitrogens with zero attached hydrogens (tertiary/aromatic N) is 1. The van der Waals surface area contributed by atoms with Gasteiger partial charge in [0.2, 0.25) is 0 Å². The van der Waals surface area contributed by atoms with Crippen molar-refractivity contribution in [3.05, 3.63) is 59.7 Å². The highest BCUT2D eigenvalue weighted by Gasteiger charge is 2.49. The highest BCUT2D eigenvalue weighted by Crippen LogP contribution is 2.44. The van der Waals surface area contributed by atoms with Crippen molar-refractivity contribution in [3.63, 3.8) is 0 Å². The van der Waals surface area contributed by atoms with Gasteiger partial charge < -0.3 is 9.84 Å². The van der Waals surface area contributed by atoms with E-state index in [4.69, 9.17) is 4.74 Å². The molecule has 5 nitrogen and oxygen atoms in total. The van der Waals surface area contributed by atoms with Gasteiger partial charge in [-0.05, 0) is 41.5 Å². The molecule has 1 atom stereocenters. The molecule has 1 aliphatic heterocycles. The number of ether oxygens (including phenoxy) is 1. The summed E-state index contributed by atoms with van der Waals surface area (Å²) in [5, 5.41) is 9.67. The van der Waals surface area contributed by atoms with Gasteiger partial charge in [0, 0.05) is 12.5 Å². The van der Waals surface area contributed by atoms with Crippen LogP contribution in [0.2, 0.25) is 0 Å². The van der Waals surface area contributed by atoms with Crippen LogP contribution in [0.1, 0.15) is 43.2 Å².